The molecule has 0 saturated heterocycles. The molecule has 1 aliphatic carbocycles. The first-order chi connectivity index (χ1) is 8.36. The zero-order valence-corrected chi connectivity index (χ0v) is 10.5. The molecule has 1 atom stereocenters. The van der Waals surface area contributed by atoms with Crippen molar-refractivity contribution in [3.8, 4) is 5.75 Å². The number of hydrogen-bond donors (Lipinski definition) is 1. The molecule has 3 rings (SSSR count). The topological polar surface area (TPSA) is 21.3 Å². The SMILES string of the molecule is CNC(CC1CC1)c1ccc2c(c1)CCCO2. The molecule has 2 nitrogen and oxygen atoms in total. The van der Waals surface area contributed by atoms with Crippen LogP contribution in [0.3, 0.4) is 0 Å². The molecule has 2 aliphatic rings. The average molecular weight is 231 g/mol. The van der Waals surface area contributed by atoms with E-state index in [2.05, 4.69) is 30.6 Å². The van der Waals surface area contributed by atoms with Gasteiger partial charge in [0.25, 0.3) is 0 Å². The van der Waals surface area contributed by atoms with Crippen molar-refractivity contribution in [1.29, 1.82) is 0 Å². The largest absolute Gasteiger partial charge is 0.493 e. The fourth-order valence-corrected chi connectivity index (χ4v) is 2.70. The van der Waals surface area contributed by atoms with E-state index in [4.69, 9.17) is 4.74 Å². The average Bonchev–Trinajstić information content (AvgIpc) is 3.19. The highest BCUT2D eigenvalue weighted by molar-refractivity contribution is 5.39. The summed E-state index contributed by atoms with van der Waals surface area (Å²) in [5, 5.41) is 3.46. The van der Waals surface area contributed by atoms with Crippen LogP contribution in [0.15, 0.2) is 18.2 Å². The Morgan fingerprint density at radius 3 is 3.06 bits per heavy atom. The summed E-state index contributed by atoms with van der Waals surface area (Å²) in [5.41, 5.74) is 2.83. The Morgan fingerprint density at radius 1 is 1.41 bits per heavy atom. The first kappa shape index (κ1) is 11.1. The van der Waals surface area contributed by atoms with Gasteiger partial charge in [-0.05, 0) is 49.4 Å². The van der Waals surface area contributed by atoms with E-state index in [9.17, 15) is 0 Å². The predicted molar refractivity (Wildman–Crippen MR) is 69.4 cm³/mol. The van der Waals surface area contributed by atoms with Crippen molar-refractivity contribution in [2.24, 2.45) is 5.92 Å². The van der Waals surface area contributed by atoms with Crippen molar-refractivity contribution in [2.45, 2.75) is 38.1 Å². The molecular weight excluding hydrogens is 210 g/mol. The maximum absolute atomic E-state index is 5.66. The lowest BCUT2D eigenvalue weighted by Gasteiger charge is -2.21. The van der Waals surface area contributed by atoms with Gasteiger partial charge in [-0.3, -0.25) is 0 Å². The maximum atomic E-state index is 5.66. The zero-order chi connectivity index (χ0) is 11.7. The molecular formula is C15H21NO. The summed E-state index contributed by atoms with van der Waals surface area (Å²) in [6.45, 7) is 0.879. The normalized spacial score (nSPS) is 20.5. The molecule has 1 N–H and O–H groups in total. The van der Waals surface area contributed by atoms with E-state index in [1.165, 1.54) is 36.8 Å². The van der Waals surface area contributed by atoms with Gasteiger partial charge in [-0.15, -0.1) is 0 Å². The van der Waals surface area contributed by atoms with Crippen LogP contribution in [-0.4, -0.2) is 13.7 Å². The minimum atomic E-state index is 0.523. The molecule has 1 fully saturated rings. The van der Waals surface area contributed by atoms with Gasteiger partial charge >= 0.3 is 0 Å². The fraction of sp³-hybridized carbons (Fsp3) is 0.600. The van der Waals surface area contributed by atoms with E-state index < -0.39 is 0 Å². The quantitative estimate of drug-likeness (QED) is 0.860. The van der Waals surface area contributed by atoms with Crippen LogP contribution in [0.5, 0.6) is 5.75 Å². The van der Waals surface area contributed by atoms with Crippen LogP contribution in [0.1, 0.15) is 42.9 Å². The van der Waals surface area contributed by atoms with Gasteiger partial charge in [-0.1, -0.05) is 25.0 Å². The van der Waals surface area contributed by atoms with Crippen LogP contribution < -0.4 is 10.1 Å². The van der Waals surface area contributed by atoms with E-state index in [0.717, 1.165) is 24.7 Å². The van der Waals surface area contributed by atoms with Gasteiger partial charge in [0.2, 0.25) is 0 Å². The van der Waals surface area contributed by atoms with E-state index in [1.54, 1.807) is 0 Å². The number of benzene rings is 1. The lowest BCUT2D eigenvalue weighted by atomic mass is 9.96. The van der Waals surface area contributed by atoms with Crippen LogP contribution in [0.4, 0.5) is 0 Å². The van der Waals surface area contributed by atoms with Crippen molar-refractivity contribution in [3.63, 3.8) is 0 Å². The third-order valence-electron chi connectivity index (χ3n) is 3.95. The lowest BCUT2D eigenvalue weighted by Crippen LogP contribution is -2.18. The summed E-state index contributed by atoms with van der Waals surface area (Å²) in [7, 11) is 2.07. The Labute approximate surface area is 103 Å². The summed E-state index contributed by atoms with van der Waals surface area (Å²) in [6.07, 6.45) is 6.46. The number of aryl methyl sites for hydroxylation is 1. The molecule has 1 aromatic rings. The number of rotatable bonds is 4. The van der Waals surface area contributed by atoms with Gasteiger partial charge in [-0.2, -0.15) is 0 Å². The fourth-order valence-electron chi connectivity index (χ4n) is 2.70. The summed E-state index contributed by atoms with van der Waals surface area (Å²) in [4.78, 5) is 0. The zero-order valence-electron chi connectivity index (χ0n) is 10.5. The summed E-state index contributed by atoms with van der Waals surface area (Å²) < 4.78 is 5.66. The molecule has 0 radical (unpaired) electrons. The smallest absolute Gasteiger partial charge is 0.122 e. The van der Waals surface area contributed by atoms with Crippen LogP contribution in [-0.2, 0) is 6.42 Å². The molecule has 2 heteroatoms. The standard InChI is InChI=1S/C15H21NO/c1-16-14(9-11-4-5-11)12-6-7-15-13(10-12)3-2-8-17-15/h6-7,10-11,14,16H,2-5,8-9H2,1H3. The second-order valence-electron chi connectivity index (χ2n) is 5.34. The minimum Gasteiger partial charge on any atom is -0.493 e. The van der Waals surface area contributed by atoms with Crippen molar-refractivity contribution in [1.82, 2.24) is 5.32 Å². The summed E-state index contributed by atoms with van der Waals surface area (Å²) in [6, 6.07) is 7.25. The summed E-state index contributed by atoms with van der Waals surface area (Å²) in [5.74, 6) is 2.06. The minimum absolute atomic E-state index is 0.523. The van der Waals surface area contributed by atoms with Crippen LogP contribution in [0, 0.1) is 5.92 Å². The molecule has 1 heterocycles. The van der Waals surface area contributed by atoms with E-state index in [0.29, 0.717) is 6.04 Å². The van der Waals surface area contributed by atoms with Gasteiger partial charge < -0.3 is 10.1 Å². The van der Waals surface area contributed by atoms with Gasteiger partial charge in [-0.25, -0.2) is 0 Å². The Kier molecular flexibility index (Phi) is 3.06. The third kappa shape index (κ3) is 2.47. The lowest BCUT2D eigenvalue weighted by molar-refractivity contribution is 0.288. The second kappa shape index (κ2) is 4.69. The highest BCUT2D eigenvalue weighted by atomic mass is 16.5. The molecule has 1 aliphatic heterocycles. The molecule has 1 saturated carbocycles. The van der Waals surface area contributed by atoms with Crippen molar-refractivity contribution >= 4 is 0 Å². The third-order valence-corrected chi connectivity index (χ3v) is 3.95. The number of fused-ring (bicyclic) bond motifs is 1. The number of hydrogen-bond acceptors (Lipinski definition) is 2. The van der Waals surface area contributed by atoms with E-state index in [-0.39, 0.29) is 0 Å². The summed E-state index contributed by atoms with van der Waals surface area (Å²) >= 11 is 0. The molecule has 0 bridgehead atoms. The first-order valence-electron chi connectivity index (χ1n) is 6.79. The maximum Gasteiger partial charge on any atom is 0.122 e. The highest BCUT2D eigenvalue weighted by Crippen LogP contribution is 2.38. The Hall–Kier alpha value is -1.02. The van der Waals surface area contributed by atoms with Crippen LogP contribution >= 0.6 is 0 Å². The van der Waals surface area contributed by atoms with Crippen LogP contribution in [0.2, 0.25) is 0 Å². The van der Waals surface area contributed by atoms with Gasteiger partial charge in [0.15, 0.2) is 0 Å². The molecule has 1 aromatic carbocycles. The van der Waals surface area contributed by atoms with E-state index in [1.807, 2.05) is 0 Å². The Balaban J connectivity index is 1.80. The van der Waals surface area contributed by atoms with E-state index >= 15 is 0 Å². The highest BCUT2D eigenvalue weighted by Gasteiger charge is 2.26. The molecule has 0 spiro atoms. The van der Waals surface area contributed by atoms with Gasteiger partial charge in [0, 0.05) is 6.04 Å². The Bertz CT molecular complexity index is 398. The molecule has 1 unspecified atom stereocenters. The first-order valence-corrected chi connectivity index (χ1v) is 6.79. The second-order valence-corrected chi connectivity index (χ2v) is 5.34. The number of ether oxygens (including phenoxy) is 1. The van der Waals surface area contributed by atoms with Crippen molar-refractivity contribution < 1.29 is 4.74 Å². The molecule has 17 heavy (non-hydrogen) atoms. The van der Waals surface area contributed by atoms with Crippen molar-refractivity contribution in [3.05, 3.63) is 29.3 Å². The Morgan fingerprint density at radius 2 is 2.29 bits per heavy atom. The molecule has 0 amide bonds. The van der Waals surface area contributed by atoms with Crippen molar-refractivity contribution in [2.75, 3.05) is 13.7 Å². The monoisotopic (exact) mass is 231 g/mol. The van der Waals surface area contributed by atoms with Gasteiger partial charge in [0.1, 0.15) is 5.75 Å². The number of nitrogens with one attached hydrogen (secondary N) is 1. The predicted octanol–water partition coefficient (Wildman–Crippen LogP) is 3.07. The van der Waals surface area contributed by atoms with Crippen LogP contribution in [0.25, 0.3) is 0 Å². The molecule has 92 valence electrons. The van der Waals surface area contributed by atoms with Gasteiger partial charge in [0.05, 0.1) is 6.61 Å². The molecule has 0 aromatic heterocycles.